The highest BCUT2D eigenvalue weighted by atomic mass is 32.2. The lowest BCUT2D eigenvalue weighted by molar-refractivity contribution is -0.115. The van der Waals surface area contributed by atoms with Gasteiger partial charge in [0.1, 0.15) is 5.75 Å². The van der Waals surface area contributed by atoms with Crippen molar-refractivity contribution in [3.63, 3.8) is 0 Å². The first kappa shape index (κ1) is 15.5. The SMILES string of the molecule is CCCS(=O)(=O)NCC(=O)Nc1ccc(OC)cc1. The van der Waals surface area contributed by atoms with Crippen molar-refractivity contribution >= 4 is 21.6 Å². The van der Waals surface area contributed by atoms with Gasteiger partial charge in [0, 0.05) is 5.69 Å². The molecule has 0 aliphatic carbocycles. The summed E-state index contributed by atoms with van der Waals surface area (Å²) < 4.78 is 30.0. The zero-order chi connectivity index (χ0) is 14.3. The summed E-state index contributed by atoms with van der Waals surface area (Å²) in [6, 6.07) is 6.77. The second-order valence-electron chi connectivity index (χ2n) is 3.92. The van der Waals surface area contributed by atoms with Crippen molar-refractivity contribution in [2.24, 2.45) is 0 Å². The third kappa shape index (κ3) is 5.71. The van der Waals surface area contributed by atoms with Gasteiger partial charge < -0.3 is 10.1 Å². The van der Waals surface area contributed by atoms with Crippen LogP contribution in [-0.4, -0.2) is 33.7 Å². The van der Waals surface area contributed by atoms with Gasteiger partial charge in [-0.2, -0.15) is 0 Å². The molecule has 0 aromatic heterocycles. The molecule has 0 unspecified atom stereocenters. The lowest BCUT2D eigenvalue weighted by Crippen LogP contribution is -2.34. The van der Waals surface area contributed by atoms with E-state index < -0.39 is 15.9 Å². The fraction of sp³-hybridized carbons (Fsp3) is 0.417. The molecule has 0 bridgehead atoms. The molecule has 1 rings (SSSR count). The summed E-state index contributed by atoms with van der Waals surface area (Å²) in [4.78, 5) is 11.5. The standard InChI is InChI=1S/C12H18N2O4S/c1-3-8-19(16,17)13-9-12(15)14-10-4-6-11(18-2)7-5-10/h4-7,13H,3,8-9H2,1-2H3,(H,14,15). The molecule has 106 valence electrons. The lowest BCUT2D eigenvalue weighted by Gasteiger charge is -2.07. The normalized spacial score (nSPS) is 11.1. The van der Waals surface area contributed by atoms with Crippen LogP contribution in [0.4, 0.5) is 5.69 Å². The van der Waals surface area contributed by atoms with E-state index in [1.165, 1.54) is 0 Å². The molecule has 0 atom stereocenters. The maximum atomic E-state index is 11.5. The van der Waals surface area contributed by atoms with Crippen LogP contribution >= 0.6 is 0 Å². The summed E-state index contributed by atoms with van der Waals surface area (Å²) in [5, 5.41) is 2.59. The van der Waals surface area contributed by atoms with E-state index in [1.54, 1.807) is 38.3 Å². The van der Waals surface area contributed by atoms with E-state index in [0.29, 0.717) is 17.9 Å². The predicted molar refractivity (Wildman–Crippen MR) is 73.7 cm³/mol. The molecule has 2 N–H and O–H groups in total. The summed E-state index contributed by atoms with van der Waals surface area (Å²) >= 11 is 0. The number of anilines is 1. The minimum atomic E-state index is -3.36. The molecular formula is C12H18N2O4S. The molecular weight excluding hydrogens is 268 g/mol. The number of hydrogen-bond acceptors (Lipinski definition) is 4. The number of methoxy groups -OCH3 is 1. The summed E-state index contributed by atoms with van der Waals surface area (Å²) in [5.41, 5.74) is 0.584. The average molecular weight is 286 g/mol. The highest BCUT2D eigenvalue weighted by Gasteiger charge is 2.11. The first-order valence-electron chi connectivity index (χ1n) is 5.88. The van der Waals surface area contributed by atoms with Crippen LogP contribution in [-0.2, 0) is 14.8 Å². The number of rotatable bonds is 7. The van der Waals surface area contributed by atoms with Gasteiger partial charge in [0.2, 0.25) is 15.9 Å². The van der Waals surface area contributed by atoms with Crippen LogP contribution in [0.25, 0.3) is 0 Å². The number of ether oxygens (including phenoxy) is 1. The van der Waals surface area contributed by atoms with Gasteiger partial charge in [0.05, 0.1) is 19.4 Å². The molecule has 0 saturated carbocycles. The summed E-state index contributed by atoms with van der Waals surface area (Å²) in [7, 11) is -1.81. The molecule has 0 spiro atoms. The molecule has 0 aliphatic heterocycles. The van der Waals surface area contributed by atoms with E-state index in [4.69, 9.17) is 4.74 Å². The Balaban J connectivity index is 2.46. The molecule has 0 aliphatic rings. The first-order chi connectivity index (χ1) is 8.96. The summed E-state index contributed by atoms with van der Waals surface area (Å²) in [6.45, 7) is 1.49. The first-order valence-corrected chi connectivity index (χ1v) is 7.53. The van der Waals surface area contributed by atoms with Gasteiger partial charge in [-0.3, -0.25) is 4.79 Å². The Morgan fingerprint density at radius 2 is 1.89 bits per heavy atom. The van der Waals surface area contributed by atoms with Gasteiger partial charge in [-0.1, -0.05) is 6.92 Å². The van der Waals surface area contributed by atoms with Gasteiger partial charge >= 0.3 is 0 Å². The van der Waals surface area contributed by atoms with Crippen LogP contribution in [0.2, 0.25) is 0 Å². The zero-order valence-corrected chi connectivity index (χ0v) is 11.8. The van der Waals surface area contributed by atoms with Crippen molar-refractivity contribution in [1.82, 2.24) is 4.72 Å². The van der Waals surface area contributed by atoms with E-state index in [-0.39, 0.29) is 12.3 Å². The second kappa shape index (κ2) is 7.10. The minimum absolute atomic E-state index is 0.0167. The number of amides is 1. The van der Waals surface area contributed by atoms with Crippen molar-refractivity contribution in [2.45, 2.75) is 13.3 Å². The van der Waals surface area contributed by atoms with Crippen LogP contribution in [0.1, 0.15) is 13.3 Å². The van der Waals surface area contributed by atoms with Crippen molar-refractivity contribution in [3.05, 3.63) is 24.3 Å². The van der Waals surface area contributed by atoms with Crippen LogP contribution in [0.3, 0.4) is 0 Å². The molecule has 7 heteroatoms. The van der Waals surface area contributed by atoms with Crippen LogP contribution in [0, 0.1) is 0 Å². The number of nitrogens with one attached hydrogen (secondary N) is 2. The number of sulfonamides is 1. The quantitative estimate of drug-likeness (QED) is 0.782. The van der Waals surface area contributed by atoms with E-state index in [9.17, 15) is 13.2 Å². The van der Waals surface area contributed by atoms with Crippen LogP contribution in [0.15, 0.2) is 24.3 Å². The smallest absolute Gasteiger partial charge is 0.239 e. The van der Waals surface area contributed by atoms with Gasteiger partial charge in [0.15, 0.2) is 0 Å². The number of carbonyl (C=O) groups excluding carboxylic acids is 1. The van der Waals surface area contributed by atoms with Gasteiger partial charge in [-0.15, -0.1) is 0 Å². The van der Waals surface area contributed by atoms with Gasteiger partial charge in [-0.05, 0) is 30.7 Å². The minimum Gasteiger partial charge on any atom is -0.497 e. The Morgan fingerprint density at radius 1 is 1.26 bits per heavy atom. The number of carbonyl (C=O) groups is 1. The molecule has 6 nitrogen and oxygen atoms in total. The Hall–Kier alpha value is -1.60. The Kier molecular flexibility index (Phi) is 5.78. The topological polar surface area (TPSA) is 84.5 Å². The molecule has 1 aromatic carbocycles. The highest BCUT2D eigenvalue weighted by molar-refractivity contribution is 7.89. The van der Waals surface area contributed by atoms with Crippen molar-refractivity contribution in [2.75, 3.05) is 24.7 Å². The van der Waals surface area contributed by atoms with E-state index in [2.05, 4.69) is 10.0 Å². The fourth-order valence-corrected chi connectivity index (χ4v) is 2.43. The van der Waals surface area contributed by atoms with E-state index >= 15 is 0 Å². The average Bonchev–Trinajstić information content (AvgIpc) is 2.37. The molecule has 0 fully saturated rings. The van der Waals surface area contributed by atoms with Gasteiger partial charge in [0.25, 0.3) is 0 Å². The monoisotopic (exact) mass is 286 g/mol. The Morgan fingerprint density at radius 3 is 2.42 bits per heavy atom. The molecule has 1 amide bonds. The number of hydrogen-bond donors (Lipinski definition) is 2. The summed E-state index contributed by atoms with van der Waals surface area (Å²) in [5.74, 6) is 0.287. The lowest BCUT2D eigenvalue weighted by atomic mass is 10.3. The second-order valence-corrected chi connectivity index (χ2v) is 5.84. The van der Waals surface area contributed by atoms with Crippen LogP contribution < -0.4 is 14.8 Å². The number of benzene rings is 1. The molecule has 0 saturated heterocycles. The molecule has 1 aromatic rings. The van der Waals surface area contributed by atoms with E-state index in [1.807, 2.05) is 0 Å². The van der Waals surface area contributed by atoms with Crippen molar-refractivity contribution in [3.8, 4) is 5.75 Å². The fourth-order valence-electron chi connectivity index (χ4n) is 1.40. The molecule has 0 heterocycles. The summed E-state index contributed by atoms with van der Waals surface area (Å²) in [6.07, 6.45) is 0.509. The van der Waals surface area contributed by atoms with Gasteiger partial charge in [-0.25, -0.2) is 13.1 Å². The highest BCUT2D eigenvalue weighted by Crippen LogP contribution is 2.14. The maximum absolute atomic E-state index is 11.5. The predicted octanol–water partition coefficient (Wildman–Crippen LogP) is 0.963. The molecule has 19 heavy (non-hydrogen) atoms. The van der Waals surface area contributed by atoms with Crippen molar-refractivity contribution < 1.29 is 17.9 Å². The van der Waals surface area contributed by atoms with Crippen molar-refractivity contribution in [1.29, 1.82) is 0 Å². The molecule has 0 radical (unpaired) electrons. The van der Waals surface area contributed by atoms with Crippen LogP contribution in [0.5, 0.6) is 5.75 Å². The maximum Gasteiger partial charge on any atom is 0.239 e. The Bertz CT molecular complexity index is 511. The third-order valence-electron chi connectivity index (χ3n) is 2.30. The zero-order valence-electron chi connectivity index (χ0n) is 11.0. The largest absolute Gasteiger partial charge is 0.497 e. The third-order valence-corrected chi connectivity index (χ3v) is 3.83. The van der Waals surface area contributed by atoms with E-state index in [0.717, 1.165) is 0 Å². The Labute approximate surface area is 113 Å².